The van der Waals surface area contributed by atoms with Crippen LogP contribution in [0, 0.1) is 11.8 Å². The summed E-state index contributed by atoms with van der Waals surface area (Å²) in [5.74, 6) is -11.6. The van der Waals surface area contributed by atoms with E-state index in [9.17, 15) is 73.2 Å². The number of nitrogens with one attached hydrogen (secondary N) is 7. The number of amides is 9. The average molecular weight is 1160 g/mol. The van der Waals surface area contributed by atoms with Crippen molar-refractivity contribution >= 4 is 76.9 Å². The van der Waals surface area contributed by atoms with E-state index < -0.39 is 144 Å². The first-order chi connectivity index (χ1) is 38.8. The second kappa shape index (κ2) is 32.3. The third-order valence-corrected chi connectivity index (χ3v) is 14.4. The number of carbonyl (C=O) groups is 11. The largest absolute Gasteiger partial charge is 0.508 e. The molecule has 4 rings (SSSR count). The Kier molecular flexibility index (Phi) is 26.1. The number of aliphatic carboxylic acids is 2. The fourth-order valence-electron chi connectivity index (χ4n) is 8.98. The number of carboxylic acids is 2. The number of nitrogens with two attached hydrogens (primary N) is 2. The molecule has 0 radical (unpaired) electrons. The number of carboxylic acid groups (broad SMARTS) is 2. The molecule has 3 aromatic carbocycles. The predicted molar refractivity (Wildman–Crippen MR) is 301 cm³/mol. The van der Waals surface area contributed by atoms with Crippen LogP contribution in [0.3, 0.4) is 0 Å². The molecule has 446 valence electrons. The van der Waals surface area contributed by atoms with E-state index in [1.54, 1.807) is 64.3 Å². The normalized spacial score (nSPS) is 16.3. The van der Waals surface area contributed by atoms with Gasteiger partial charge in [0, 0.05) is 25.8 Å². The fourth-order valence-corrected chi connectivity index (χ4v) is 9.45. The summed E-state index contributed by atoms with van der Waals surface area (Å²) in [6, 6.07) is 7.08. The lowest BCUT2D eigenvalue weighted by atomic mass is 9.98. The molecule has 1 aliphatic rings. The highest BCUT2D eigenvalue weighted by atomic mass is 32.2. The van der Waals surface area contributed by atoms with Gasteiger partial charge in [-0.15, -0.1) is 0 Å². The summed E-state index contributed by atoms with van der Waals surface area (Å²) in [4.78, 5) is 150. The Morgan fingerprint density at radius 1 is 0.598 bits per heavy atom. The third-order valence-electron chi connectivity index (χ3n) is 13.8. The smallest absolute Gasteiger partial charge is 0.326 e. The minimum Gasteiger partial charge on any atom is -0.508 e. The lowest BCUT2D eigenvalue weighted by Gasteiger charge is -2.31. The van der Waals surface area contributed by atoms with Gasteiger partial charge in [-0.05, 0) is 84.1 Å². The Morgan fingerprint density at radius 3 is 1.55 bits per heavy atom. The number of phenols is 2. The number of phenolic OH excluding ortho intramolecular Hbond substituents is 2. The van der Waals surface area contributed by atoms with Crippen molar-refractivity contribution in [3.8, 4) is 11.5 Å². The van der Waals surface area contributed by atoms with Gasteiger partial charge in [0.2, 0.25) is 53.2 Å². The van der Waals surface area contributed by atoms with E-state index in [0.717, 1.165) is 4.90 Å². The minimum atomic E-state index is -1.72. The summed E-state index contributed by atoms with van der Waals surface area (Å²) >= 11 is 1.39. The summed E-state index contributed by atoms with van der Waals surface area (Å²) in [6.45, 7) is 6.56. The maximum Gasteiger partial charge on any atom is 0.326 e. The zero-order chi connectivity index (χ0) is 60.8. The number of benzene rings is 3. The Labute approximate surface area is 479 Å². The van der Waals surface area contributed by atoms with Gasteiger partial charge in [-0.3, -0.25) is 47.9 Å². The van der Waals surface area contributed by atoms with Crippen LogP contribution in [-0.4, -0.2) is 163 Å². The molecular weight excluding hydrogens is 1080 g/mol. The fraction of sp³-hybridized carbons (Fsp3) is 0.482. The van der Waals surface area contributed by atoms with Crippen molar-refractivity contribution in [2.45, 2.75) is 140 Å². The molecule has 0 saturated carbocycles. The molecule has 10 atom stereocenters. The van der Waals surface area contributed by atoms with E-state index in [2.05, 4.69) is 37.2 Å². The van der Waals surface area contributed by atoms with Gasteiger partial charge in [0.25, 0.3) is 0 Å². The summed E-state index contributed by atoms with van der Waals surface area (Å²) in [5, 5.41) is 57.1. The molecule has 9 amide bonds. The maximum atomic E-state index is 14.6. The second-order valence-corrected chi connectivity index (χ2v) is 21.5. The molecule has 1 aliphatic heterocycles. The number of carbonyl (C=O) groups excluding carboxylic acids is 9. The predicted octanol–water partition coefficient (Wildman–Crippen LogP) is -0.272. The Morgan fingerprint density at radius 2 is 1.06 bits per heavy atom. The van der Waals surface area contributed by atoms with Crippen molar-refractivity contribution in [1.29, 1.82) is 0 Å². The molecule has 1 fully saturated rings. The number of primary amides is 1. The van der Waals surface area contributed by atoms with Gasteiger partial charge in [-0.25, -0.2) is 4.79 Å². The van der Waals surface area contributed by atoms with Crippen molar-refractivity contribution < 1.29 is 73.2 Å². The zero-order valence-electron chi connectivity index (χ0n) is 46.4. The highest BCUT2D eigenvalue weighted by molar-refractivity contribution is 7.98. The van der Waals surface area contributed by atoms with E-state index in [0.29, 0.717) is 28.9 Å². The Bertz CT molecular complexity index is 2720. The van der Waals surface area contributed by atoms with Crippen molar-refractivity contribution in [1.82, 2.24) is 42.1 Å². The summed E-state index contributed by atoms with van der Waals surface area (Å²) in [5.41, 5.74) is 12.9. The van der Waals surface area contributed by atoms with Gasteiger partial charge >= 0.3 is 11.9 Å². The lowest BCUT2D eigenvalue weighted by Crippen LogP contribution is -2.61. The SMILES string of the molecule is CC[C@H](C)[C@H](NC(=O)[C@H](CCSC)NC(=O)[C@H](Cc1ccccc1)NC(=O)[C@@H]1CCCN1C(=O)[C@H](CC(N)=O)NC(=O)[C@H](Cc1ccc(O)cc1)NC(=O)[C@@H](NC(=O)[C@H](Cc1ccc(O)cc1)NC(=O)[C@@H](N)CC(=O)O)C(C)C)C(=O)O. The van der Waals surface area contributed by atoms with Crippen molar-refractivity contribution in [3.05, 3.63) is 95.6 Å². The standard InChI is InChI=1S/C56H76N10O15S/c1-6-31(4)47(56(80)81)65-49(73)38(22-24-82-5)59-50(74)39(25-32-11-8-7-9-12-32)61-53(77)43-13-10-23-66(43)55(79)42(29-44(58)69)63-51(75)40(26-33-14-18-35(67)19-15-33)62-54(78)46(30(2)3)64-52(76)41(27-34-16-20-36(68)21-17-34)60-48(72)37(57)28-45(70)71/h7-9,11-12,14-21,30-31,37-43,46-47,67-68H,6,10,13,22-29,57H2,1-5H3,(H2,58,69)(H,59,74)(H,60,72)(H,61,77)(H,62,78)(H,63,75)(H,64,76)(H,65,73)(H,70,71)(H,80,81)/t31-,37-,38-,39-,40-,41-,42-,43-,46-,47-/m0/s1. The van der Waals surface area contributed by atoms with Gasteiger partial charge in [0.1, 0.15) is 59.8 Å². The number of thioether (sulfide) groups is 1. The summed E-state index contributed by atoms with van der Waals surface area (Å²) < 4.78 is 0. The Hall–Kier alpha value is -8.26. The van der Waals surface area contributed by atoms with Crippen LogP contribution in [0.25, 0.3) is 0 Å². The van der Waals surface area contributed by atoms with Gasteiger partial charge in [-0.2, -0.15) is 11.8 Å². The molecule has 1 saturated heterocycles. The number of nitrogens with zero attached hydrogens (tertiary/aromatic N) is 1. The third kappa shape index (κ3) is 20.7. The molecule has 15 N–H and O–H groups in total. The van der Waals surface area contributed by atoms with Crippen LogP contribution in [0.4, 0.5) is 0 Å². The Balaban J connectivity index is 1.61. The van der Waals surface area contributed by atoms with E-state index >= 15 is 0 Å². The van der Waals surface area contributed by atoms with Gasteiger partial charge in [0.15, 0.2) is 0 Å². The summed E-state index contributed by atoms with van der Waals surface area (Å²) in [7, 11) is 0. The van der Waals surface area contributed by atoms with Gasteiger partial charge < -0.3 is 74.0 Å². The molecule has 82 heavy (non-hydrogen) atoms. The first kappa shape index (κ1) is 66.3. The van der Waals surface area contributed by atoms with Crippen LogP contribution in [-0.2, 0) is 72.0 Å². The number of aromatic hydroxyl groups is 2. The van der Waals surface area contributed by atoms with E-state index in [4.69, 9.17) is 11.5 Å². The molecular formula is C56H76N10O15S. The quantitative estimate of drug-likeness (QED) is 0.0383. The molecule has 0 aromatic heterocycles. The highest BCUT2D eigenvalue weighted by Crippen LogP contribution is 2.22. The van der Waals surface area contributed by atoms with Crippen LogP contribution in [0.15, 0.2) is 78.9 Å². The molecule has 26 heteroatoms. The first-order valence-electron chi connectivity index (χ1n) is 26.8. The first-order valence-corrected chi connectivity index (χ1v) is 28.2. The van der Waals surface area contributed by atoms with Crippen molar-refractivity contribution in [2.24, 2.45) is 23.3 Å². The molecule has 25 nitrogen and oxygen atoms in total. The maximum absolute atomic E-state index is 14.6. The number of hydrogen-bond donors (Lipinski definition) is 13. The van der Waals surface area contributed by atoms with Crippen molar-refractivity contribution in [3.63, 3.8) is 0 Å². The van der Waals surface area contributed by atoms with Gasteiger partial charge in [0.05, 0.1) is 18.9 Å². The zero-order valence-corrected chi connectivity index (χ0v) is 47.2. The number of rotatable bonds is 32. The molecule has 0 spiro atoms. The lowest BCUT2D eigenvalue weighted by molar-refractivity contribution is -0.144. The molecule has 0 bridgehead atoms. The molecule has 0 aliphatic carbocycles. The van der Waals surface area contributed by atoms with Crippen molar-refractivity contribution in [2.75, 3.05) is 18.6 Å². The van der Waals surface area contributed by atoms with Crippen LogP contribution < -0.4 is 48.7 Å². The van der Waals surface area contributed by atoms with Crippen LogP contribution in [0.1, 0.15) is 82.9 Å². The number of hydrogen-bond acceptors (Lipinski definition) is 15. The minimum absolute atomic E-state index is 0.0431. The van der Waals surface area contributed by atoms with Crippen LogP contribution in [0.2, 0.25) is 0 Å². The van der Waals surface area contributed by atoms with Crippen LogP contribution in [0.5, 0.6) is 11.5 Å². The second-order valence-electron chi connectivity index (χ2n) is 20.5. The van der Waals surface area contributed by atoms with Crippen LogP contribution >= 0.6 is 11.8 Å². The molecule has 1 heterocycles. The summed E-state index contributed by atoms with van der Waals surface area (Å²) in [6.07, 6.45) is 0.595. The van der Waals surface area contributed by atoms with E-state index in [1.807, 2.05) is 0 Å². The molecule has 3 aromatic rings. The average Bonchev–Trinajstić information content (AvgIpc) is 4.06. The molecule has 0 unspecified atom stereocenters. The van der Waals surface area contributed by atoms with E-state index in [-0.39, 0.29) is 56.6 Å². The highest BCUT2D eigenvalue weighted by Gasteiger charge is 2.41. The van der Waals surface area contributed by atoms with E-state index in [1.165, 1.54) is 60.3 Å². The van der Waals surface area contributed by atoms with Gasteiger partial charge in [-0.1, -0.05) is 88.7 Å². The monoisotopic (exact) mass is 1160 g/mol. The topological polar surface area (TPSA) is 408 Å². The number of likely N-dealkylation sites (tertiary alicyclic amines) is 1.